The molecule has 1 aromatic heterocycles. The van der Waals surface area contributed by atoms with Gasteiger partial charge < -0.3 is 15.4 Å². The molecule has 27 heavy (non-hydrogen) atoms. The number of hydrogen-bond donors (Lipinski definition) is 4. The van der Waals surface area contributed by atoms with Gasteiger partial charge in [0, 0.05) is 11.5 Å². The van der Waals surface area contributed by atoms with Gasteiger partial charge >= 0.3 is 0 Å². The summed E-state index contributed by atoms with van der Waals surface area (Å²) in [7, 11) is 0. The molecule has 2 heterocycles. The second-order valence-corrected chi connectivity index (χ2v) is 6.86. The number of nitrogens with one attached hydrogen (secondary N) is 3. The highest BCUT2D eigenvalue weighted by molar-refractivity contribution is 7.71. The fraction of sp³-hybridized carbons (Fsp3) is 0.150. The summed E-state index contributed by atoms with van der Waals surface area (Å²) >= 11 is 5.09. The summed E-state index contributed by atoms with van der Waals surface area (Å²) in [5.74, 6) is -1.27. The Labute approximate surface area is 160 Å². The van der Waals surface area contributed by atoms with Crippen LogP contribution >= 0.6 is 12.2 Å². The van der Waals surface area contributed by atoms with E-state index in [1.807, 2.05) is 36.4 Å². The van der Waals surface area contributed by atoms with Gasteiger partial charge in [0.15, 0.2) is 10.5 Å². The van der Waals surface area contributed by atoms with Crippen LogP contribution in [0.4, 0.5) is 5.82 Å². The summed E-state index contributed by atoms with van der Waals surface area (Å²) in [5.41, 5.74) is -0.442. The van der Waals surface area contributed by atoms with Crippen LogP contribution in [0.2, 0.25) is 0 Å². The van der Waals surface area contributed by atoms with Crippen molar-refractivity contribution in [3.63, 3.8) is 0 Å². The highest BCUT2D eigenvalue weighted by Gasteiger charge is 2.50. The van der Waals surface area contributed by atoms with Gasteiger partial charge in [0.1, 0.15) is 11.7 Å². The Kier molecular flexibility index (Phi) is 4.15. The van der Waals surface area contributed by atoms with Crippen molar-refractivity contribution in [2.45, 2.75) is 11.6 Å². The van der Waals surface area contributed by atoms with Gasteiger partial charge in [-0.25, -0.2) is 0 Å². The van der Waals surface area contributed by atoms with Gasteiger partial charge in [-0.2, -0.15) is 5.26 Å². The molecule has 0 radical (unpaired) electrons. The highest BCUT2D eigenvalue weighted by atomic mass is 32.1. The summed E-state index contributed by atoms with van der Waals surface area (Å²) in [6.45, 7) is 0. The maximum Gasteiger partial charge on any atom is 0.257 e. The minimum absolute atomic E-state index is 0.142. The Morgan fingerprint density at radius 1 is 1.04 bits per heavy atom. The van der Waals surface area contributed by atoms with E-state index in [0.29, 0.717) is 16.9 Å². The van der Waals surface area contributed by atoms with Gasteiger partial charge in [0.05, 0.1) is 11.6 Å². The molecule has 6 nitrogen and oxygen atoms in total. The van der Waals surface area contributed by atoms with Crippen molar-refractivity contribution in [2.24, 2.45) is 5.92 Å². The van der Waals surface area contributed by atoms with Gasteiger partial charge in [-0.05, 0) is 17.8 Å². The highest BCUT2D eigenvalue weighted by Crippen LogP contribution is 2.47. The van der Waals surface area contributed by atoms with Crippen molar-refractivity contribution >= 4 is 18.0 Å². The maximum absolute atomic E-state index is 12.7. The summed E-state index contributed by atoms with van der Waals surface area (Å²) in [4.78, 5) is 18.2. The number of anilines is 1. The van der Waals surface area contributed by atoms with E-state index in [0.717, 1.165) is 5.56 Å². The lowest BCUT2D eigenvalue weighted by atomic mass is 9.71. The summed E-state index contributed by atoms with van der Waals surface area (Å²) < 4.78 is 0.142. The molecule has 3 atom stereocenters. The molecular weight excluding hydrogens is 360 g/mol. The monoisotopic (exact) mass is 376 g/mol. The zero-order valence-electron chi connectivity index (χ0n) is 14.1. The van der Waals surface area contributed by atoms with E-state index in [1.165, 1.54) is 0 Å². The minimum atomic E-state index is -1.70. The van der Waals surface area contributed by atoms with Crippen molar-refractivity contribution in [3.05, 3.63) is 92.5 Å². The van der Waals surface area contributed by atoms with Crippen LogP contribution in [0.15, 0.2) is 65.5 Å². The van der Waals surface area contributed by atoms with Crippen LogP contribution in [0.3, 0.4) is 0 Å². The van der Waals surface area contributed by atoms with E-state index >= 15 is 0 Å². The number of nitriles is 1. The van der Waals surface area contributed by atoms with E-state index in [2.05, 4.69) is 21.4 Å². The molecular formula is C20H16N4O2S. The van der Waals surface area contributed by atoms with Crippen LogP contribution in [0.1, 0.15) is 22.6 Å². The Morgan fingerprint density at radius 3 is 2.30 bits per heavy atom. The first-order chi connectivity index (χ1) is 13.0. The Morgan fingerprint density at radius 2 is 1.67 bits per heavy atom. The van der Waals surface area contributed by atoms with Crippen molar-refractivity contribution in [2.75, 3.05) is 5.32 Å². The average Bonchev–Trinajstić information content (AvgIpc) is 2.68. The predicted molar refractivity (Wildman–Crippen MR) is 104 cm³/mol. The lowest BCUT2D eigenvalue weighted by Gasteiger charge is -2.43. The molecule has 0 fully saturated rings. The molecule has 2 aromatic carbocycles. The SMILES string of the molecule is N#CC1C(c2ccccc2)c2c([nH]c(=S)[nH]c2=O)NC1(O)c1ccccc1. The molecule has 3 aromatic rings. The molecule has 0 saturated heterocycles. The lowest BCUT2D eigenvalue weighted by molar-refractivity contribution is 0.0143. The van der Waals surface area contributed by atoms with Crippen LogP contribution in [0, 0.1) is 22.0 Å². The van der Waals surface area contributed by atoms with Crippen LogP contribution in [-0.2, 0) is 5.72 Å². The van der Waals surface area contributed by atoms with Gasteiger partial charge in [-0.1, -0.05) is 60.7 Å². The Bertz CT molecular complexity index is 1130. The average molecular weight is 376 g/mol. The van der Waals surface area contributed by atoms with Crippen LogP contribution < -0.4 is 10.9 Å². The van der Waals surface area contributed by atoms with Crippen molar-refractivity contribution in [1.29, 1.82) is 5.26 Å². The molecule has 4 N–H and O–H groups in total. The molecule has 0 aliphatic carbocycles. The van der Waals surface area contributed by atoms with Gasteiger partial charge in [0.2, 0.25) is 0 Å². The number of rotatable bonds is 2. The standard InChI is InChI=1S/C20H16N4O2S/c21-11-14-15(12-7-3-1-4-8-12)16-17(22-19(27)23-18(16)25)24-20(14,26)13-9-5-2-6-10-13/h1-10,14-15,26H,(H3,22,23,24,25,27). The topological polar surface area (TPSA) is 105 Å². The quantitative estimate of drug-likeness (QED) is 0.515. The smallest absolute Gasteiger partial charge is 0.257 e. The fourth-order valence-electron chi connectivity index (χ4n) is 3.70. The van der Waals surface area contributed by atoms with Gasteiger partial charge in [-0.3, -0.25) is 9.78 Å². The van der Waals surface area contributed by atoms with Crippen LogP contribution in [0.5, 0.6) is 0 Å². The molecule has 134 valence electrons. The number of hydrogen-bond acceptors (Lipinski definition) is 5. The van der Waals surface area contributed by atoms with E-state index in [4.69, 9.17) is 12.2 Å². The third kappa shape index (κ3) is 2.76. The fourth-order valence-corrected chi connectivity index (χ4v) is 3.89. The second-order valence-electron chi connectivity index (χ2n) is 6.45. The Balaban J connectivity index is 2.03. The molecule has 0 amide bonds. The number of aliphatic hydroxyl groups is 1. The Hall–Kier alpha value is -3.21. The van der Waals surface area contributed by atoms with E-state index < -0.39 is 17.6 Å². The van der Waals surface area contributed by atoms with E-state index in [-0.39, 0.29) is 10.3 Å². The molecule has 1 aliphatic heterocycles. The second kappa shape index (κ2) is 6.50. The molecule has 4 rings (SSSR count). The van der Waals surface area contributed by atoms with Gasteiger partial charge in [0.25, 0.3) is 5.56 Å². The van der Waals surface area contributed by atoms with Crippen LogP contribution in [0.25, 0.3) is 0 Å². The first kappa shape index (κ1) is 17.2. The number of aromatic nitrogens is 2. The van der Waals surface area contributed by atoms with Crippen molar-refractivity contribution < 1.29 is 5.11 Å². The number of H-pyrrole nitrogens is 2. The zero-order valence-corrected chi connectivity index (χ0v) is 15.0. The largest absolute Gasteiger partial charge is 0.366 e. The van der Waals surface area contributed by atoms with Crippen molar-refractivity contribution in [3.8, 4) is 6.07 Å². The third-order valence-corrected chi connectivity index (χ3v) is 5.11. The lowest BCUT2D eigenvalue weighted by Crippen LogP contribution is -2.50. The number of benzene rings is 2. The molecule has 7 heteroatoms. The summed E-state index contributed by atoms with van der Waals surface area (Å²) in [5, 5.41) is 24.5. The summed E-state index contributed by atoms with van der Waals surface area (Å²) in [6.07, 6.45) is 0. The number of nitrogens with zero attached hydrogens (tertiary/aromatic N) is 1. The minimum Gasteiger partial charge on any atom is -0.366 e. The number of aromatic amines is 2. The predicted octanol–water partition coefficient (Wildman–Crippen LogP) is 2.97. The zero-order chi connectivity index (χ0) is 19.0. The van der Waals surface area contributed by atoms with E-state index in [9.17, 15) is 15.2 Å². The van der Waals surface area contributed by atoms with Crippen LogP contribution in [-0.4, -0.2) is 15.1 Å². The van der Waals surface area contributed by atoms with Crippen molar-refractivity contribution in [1.82, 2.24) is 9.97 Å². The normalized spacial score (nSPS) is 23.7. The molecule has 0 saturated carbocycles. The maximum atomic E-state index is 12.7. The first-order valence-electron chi connectivity index (χ1n) is 8.41. The number of fused-ring (bicyclic) bond motifs is 1. The third-order valence-electron chi connectivity index (χ3n) is 4.90. The van der Waals surface area contributed by atoms with E-state index in [1.54, 1.807) is 24.3 Å². The molecule has 3 unspecified atom stereocenters. The first-order valence-corrected chi connectivity index (χ1v) is 8.82. The molecule has 0 spiro atoms. The molecule has 0 bridgehead atoms. The van der Waals surface area contributed by atoms with Gasteiger partial charge in [-0.15, -0.1) is 0 Å². The molecule has 1 aliphatic rings. The summed E-state index contributed by atoms with van der Waals surface area (Å²) in [6, 6.07) is 20.3.